The first-order valence-electron chi connectivity index (χ1n) is 8.95. The summed E-state index contributed by atoms with van der Waals surface area (Å²) in [5, 5.41) is 2.70. The van der Waals surface area contributed by atoms with E-state index in [2.05, 4.69) is 11.4 Å². The highest BCUT2D eigenvalue weighted by Crippen LogP contribution is 2.23. The van der Waals surface area contributed by atoms with Gasteiger partial charge in [0.15, 0.2) is 11.6 Å². The van der Waals surface area contributed by atoms with Crippen LogP contribution >= 0.6 is 11.8 Å². The number of carbonyl (C=O) groups excluding carboxylic acids is 1. The molecule has 0 aliphatic carbocycles. The van der Waals surface area contributed by atoms with Crippen molar-refractivity contribution in [3.05, 3.63) is 65.2 Å². The van der Waals surface area contributed by atoms with Gasteiger partial charge in [-0.2, -0.15) is 11.8 Å². The van der Waals surface area contributed by atoms with Gasteiger partial charge in [-0.05, 0) is 37.1 Å². The molecule has 0 saturated heterocycles. The van der Waals surface area contributed by atoms with E-state index in [0.717, 1.165) is 34.5 Å². The third-order valence-electron chi connectivity index (χ3n) is 4.31. The lowest BCUT2D eigenvalue weighted by Gasteiger charge is -2.28. The normalized spacial score (nSPS) is 12.4. The SMILES string of the molecule is Cc1ccccc1CSCCNC(=O)C(C)N(c1ccc(F)c(F)c1)S(C)(=O)=O. The second-order valence-corrected chi connectivity index (χ2v) is 9.57. The third-order valence-corrected chi connectivity index (χ3v) is 6.56. The van der Waals surface area contributed by atoms with Crippen LogP contribution in [0.25, 0.3) is 0 Å². The van der Waals surface area contributed by atoms with E-state index in [1.54, 1.807) is 11.8 Å². The minimum absolute atomic E-state index is 0.108. The monoisotopic (exact) mass is 442 g/mol. The molecule has 0 heterocycles. The second-order valence-electron chi connectivity index (χ2n) is 6.60. The summed E-state index contributed by atoms with van der Waals surface area (Å²) in [5.41, 5.74) is 2.31. The average molecular weight is 443 g/mol. The molecule has 0 aliphatic heterocycles. The average Bonchev–Trinajstić information content (AvgIpc) is 2.64. The van der Waals surface area contributed by atoms with Crippen molar-refractivity contribution in [1.82, 2.24) is 5.32 Å². The van der Waals surface area contributed by atoms with Crippen LogP contribution in [-0.4, -0.2) is 38.9 Å². The van der Waals surface area contributed by atoms with E-state index in [1.165, 1.54) is 18.1 Å². The highest BCUT2D eigenvalue weighted by molar-refractivity contribution is 7.98. The van der Waals surface area contributed by atoms with Crippen LogP contribution in [0.1, 0.15) is 18.1 Å². The van der Waals surface area contributed by atoms with Crippen LogP contribution in [-0.2, 0) is 20.6 Å². The Morgan fingerprint density at radius 3 is 2.48 bits per heavy atom. The number of hydrogen-bond acceptors (Lipinski definition) is 4. The largest absolute Gasteiger partial charge is 0.353 e. The number of benzene rings is 2. The molecule has 2 aromatic carbocycles. The molecule has 1 amide bonds. The summed E-state index contributed by atoms with van der Waals surface area (Å²) in [6.07, 6.45) is 0.913. The summed E-state index contributed by atoms with van der Waals surface area (Å²) in [6, 6.07) is 9.65. The van der Waals surface area contributed by atoms with Crippen molar-refractivity contribution >= 4 is 33.4 Å². The van der Waals surface area contributed by atoms with Gasteiger partial charge in [-0.15, -0.1) is 0 Å². The molecule has 2 aromatic rings. The van der Waals surface area contributed by atoms with Crippen LogP contribution in [0.5, 0.6) is 0 Å². The first kappa shape index (κ1) is 23.2. The fourth-order valence-electron chi connectivity index (χ4n) is 2.78. The van der Waals surface area contributed by atoms with Crippen molar-refractivity contribution in [3.63, 3.8) is 0 Å². The number of anilines is 1. The zero-order valence-electron chi connectivity index (χ0n) is 16.5. The van der Waals surface area contributed by atoms with E-state index in [9.17, 15) is 22.0 Å². The van der Waals surface area contributed by atoms with Crippen molar-refractivity contribution < 1.29 is 22.0 Å². The molecule has 29 heavy (non-hydrogen) atoms. The Bertz CT molecular complexity index is 968. The molecular formula is C20H24F2N2O3S2. The molecule has 0 radical (unpaired) electrons. The number of halogens is 2. The molecular weight excluding hydrogens is 418 g/mol. The molecule has 0 spiro atoms. The fourth-order valence-corrected chi connectivity index (χ4v) is 4.88. The summed E-state index contributed by atoms with van der Waals surface area (Å²) in [4.78, 5) is 12.4. The number of sulfonamides is 1. The van der Waals surface area contributed by atoms with E-state index in [4.69, 9.17) is 0 Å². The Kier molecular flexibility index (Phi) is 8.04. The fraction of sp³-hybridized carbons (Fsp3) is 0.350. The van der Waals surface area contributed by atoms with E-state index in [0.29, 0.717) is 12.3 Å². The number of rotatable bonds is 9. The number of carbonyl (C=O) groups is 1. The molecule has 0 fully saturated rings. The molecule has 1 N–H and O–H groups in total. The van der Waals surface area contributed by atoms with Crippen LogP contribution in [0.4, 0.5) is 14.5 Å². The number of amides is 1. The summed E-state index contributed by atoms with van der Waals surface area (Å²) in [6.45, 7) is 3.80. The van der Waals surface area contributed by atoms with Gasteiger partial charge in [0.2, 0.25) is 15.9 Å². The second kappa shape index (κ2) is 10.1. The quantitative estimate of drug-likeness (QED) is 0.604. The Morgan fingerprint density at radius 1 is 1.17 bits per heavy atom. The highest BCUT2D eigenvalue weighted by atomic mass is 32.2. The highest BCUT2D eigenvalue weighted by Gasteiger charge is 2.29. The van der Waals surface area contributed by atoms with Gasteiger partial charge in [0, 0.05) is 24.1 Å². The van der Waals surface area contributed by atoms with Gasteiger partial charge in [0.25, 0.3) is 0 Å². The van der Waals surface area contributed by atoms with Crippen LogP contribution in [0.15, 0.2) is 42.5 Å². The predicted octanol–water partition coefficient (Wildman–Crippen LogP) is 3.48. The number of aryl methyl sites for hydroxylation is 1. The van der Waals surface area contributed by atoms with Crippen LogP contribution < -0.4 is 9.62 Å². The van der Waals surface area contributed by atoms with E-state index < -0.39 is 33.6 Å². The third kappa shape index (κ3) is 6.43. The standard InChI is InChI=1S/C20H24F2N2O3S2/c1-14-6-4-5-7-16(14)13-28-11-10-23-20(25)15(2)24(29(3,26)27)17-8-9-18(21)19(22)12-17/h4-9,12,15H,10-11,13H2,1-3H3,(H,23,25). The lowest BCUT2D eigenvalue weighted by Crippen LogP contribution is -2.48. The van der Waals surface area contributed by atoms with Gasteiger partial charge in [0.1, 0.15) is 6.04 Å². The van der Waals surface area contributed by atoms with E-state index >= 15 is 0 Å². The summed E-state index contributed by atoms with van der Waals surface area (Å²) < 4.78 is 51.8. The zero-order chi connectivity index (χ0) is 21.6. The van der Waals surface area contributed by atoms with Crippen LogP contribution in [0.2, 0.25) is 0 Å². The zero-order valence-corrected chi connectivity index (χ0v) is 18.1. The number of nitrogens with one attached hydrogen (secondary N) is 1. The molecule has 0 aliphatic rings. The Hall–Kier alpha value is -2.13. The van der Waals surface area contributed by atoms with Gasteiger partial charge in [-0.1, -0.05) is 24.3 Å². The van der Waals surface area contributed by atoms with E-state index in [-0.39, 0.29) is 5.69 Å². The van der Waals surface area contributed by atoms with Crippen molar-refractivity contribution in [3.8, 4) is 0 Å². The molecule has 5 nitrogen and oxygen atoms in total. The van der Waals surface area contributed by atoms with Crippen LogP contribution in [0, 0.1) is 18.6 Å². The summed E-state index contributed by atoms with van der Waals surface area (Å²) in [5.74, 6) is -1.34. The maximum Gasteiger partial charge on any atom is 0.243 e. The first-order chi connectivity index (χ1) is 13.6. The van der Waals surface area contributed by atoms with Crippen molar-refractivity contribution in [2.45, 2.75) is 25.6 Å². The van der Waals surface area contributed by atoms with Crippen LogP contribution in [0.3, 0.4) is 0 Å². The number of thioether (sulfide) groups is 1. The first-order valence-corrected chi connectivity index (χ1v) is 12.0. The Balaban J connectivity index is 1.95. The summed E-state index contributed by atoms with van der Waals surface area (Å²) in [7, 11) is -3.89. The van der Waals surface area contributed by atoms with Gasteiger partial charge in [-0.3, -0.25) is 9.10 Å². The topological polar surface area (TPSA) is 66.5 Å². The van der Waals surface area contributed by atoms with Gasteiger partial charge < -0.3 is 5.32 Å². The number of nitrogens with zero attached hydrogens (tertiary/aromatic N) is 1. The lowest BCUT2D eigenvalue weighted by atomic mass is 10.1. The molecule has 9 heteroatoms. The van der Waals surface area contributed by atoms with Gasteiger partial charge >= 0.3 is 0 Å². The molecule has 0 aromatic heterocycles. The Morgan fingerprint density at radius 2 is 1.86 bits per heavy atom. The molecule has 0 saturated carbocycles. The van der Waals surface area contributed by atoms with Gasteiger partial charge in [-0.25, -0.2) is 17.2 Å². The minimum atomic E-state index is -3.89. The minimum Gasteiger partial charge on any atom is -0.353 e. The molecule has 1 atom stereocenters. The van der Waals surface area contributed by atoms with Crippen molar-refractivity contribution in [2.24, 2.45) is 0 Å². The maximum atomic E-state index is 13.5. The molecule has 1 unspecified atom stereocenters. The maximum absolute atomic E-state index is 13.5. The van der Waals surface area contributed by atoms with Gasteiger partial charge in [0.05, 0.1) is 11.9 Å². The number of hydrogen-bond donors (Lipinski definition) is 1. The van der Waals surface area contributed by atoms with E-state index in [1.807, 2.05) is 25.1 Å². The van der Waals surface area contributed by atoms with Crippen molar-refractivity contribution in [2.75, 3.05) is 22.9 Å². The molecule has 2 rings (SSSR count). The Labute approximate surface area is 174 Å². The lowest BCUT2D eigenvalue weighted by molar-refractivity contribution is -0.121. The molecule has 158 valence electrons. The summed E-state index contributed by atoms with van der Waals surface area (Å²) >= 11 is 1.65. The predicted molar refractivity (Wildman–Crippen MR) is 113 cm³/mol. The smallest absolute Gasteiger partial charge is 0.243 e. The van der Waals surface area contributed by atoms with Crippen molar-refractivity contribution in [1.29, 1.82) is 0 Å². The molecule has 0 bridgehead atoms.